The van der Waals surface area contributed by atoms with Crippen LogP contribution in [0.5, 0.6) is 0 Å². The zero-order valence-corrected chi connectivity index (χ0v) is 3.69. The molecule has 7 heavy (non-hydrogen) atoms. The van der Waals surface area contributed by atoms with Crippen LogP contribution < -0.4 is 0 Å². The lowest BCUT2D eigenvalue weighted by atomic mass is 10.5. The predicted molar refractivity (Wildman–Crippen MR) is 20.1 cm³/mol. The zero-order chi connectivity index (χ0) is 5.49. The molecule has 0 aliphatic heterocycles. The monoisotopic (exact) mass is 108 g/mol. The fraction of sp³-hybridized carbons (Fsp3) is 1.00. The Kier molecular flexibility index (Phi) is 0.819. The summed E-state index contributed by atoms with van der Waals surface area (Å²) in [6.07, 6.45) is -0.122. The molecule has 1 saturated carbocycles. The van der Waals surface area contributed by atoms with E-state index in [1.54, 1.807) is 0 Å². The molecule has 0 aromatic heterocycles. The molecule has 1 fully saturated rings. The van der Waals surface area contributed by atoms with Crippen molar-refractivity contribution in [3.05, 3.63) is 0 Å². The Morgan fingerprint density at radius 3 is 2.14 bits per heavy atom. The Morgan fingerprint density at radius 1 is 1.71 bits per heavy atom. The molecule has 1 aliphatic rings. The van der Waals surface area contributed by atoms with Crippen LogP contribution in [-0.2, 0) is 0 Å². The van der Waals surface area contributed by atoms with Gasteiger partial charge in [-0.2, -0.15) is 0 Å². The average molecular weight is 108 g/mol. The number of rotatable bonds is 1. The van der Waals surface area contributed by atoms with E-state index in [0.29, 0.717) is 0 Å². The fourth-order valence-electron chi connectivity index (χ4n) is 0.468. The number of alkyl halides is 2. The topological polar surface area (TPSA) is 20.2 Å². The number of hydrogen-bond donors (Lipinski definition) is 1. The van der Waals surface area contributed by atoms with Crippen molar-refractivity contribution in [2.75, 3.05) is 6.61 Å². The van der Waals surface area contributed by atoms with Gasteiger partial charge in [0.1, 0.15) is 0 Å². The third-order valence-corrected chi connectivity index (χ3v) is 1.18. The van der Waals surface area contributed by atoms with E-state index in [1.807, 2.05) is 0 Å². The summed E-state index contributed by atoms with van der Waals surface area (Å²) in [6, 6.07) is 0. The summed E-state index contributed by atoms with van der Waals surface area (Å²) in [4.78, 5) is 0. The summed E-state index contributed by atoms with van der Waals surface area (Å²) < 4.78 is 23.3. The van der Waals surface area contributed by atoms with Crippen molar-refractivity contribution in [2.24, 2.45) is 5.92 Å². The van der Waals surface area contributed by atoms with Gasteiger partial charge in [-0.15, -0.1) is 0 Å². The van der Waals surface area contributed by atoms with E-state index < -0.39 is 11.8 Å². The molecule has 1 aliphatic carbocycles. The lowest BCUT2D eigenvalue weighted by molar-refractivity contribution is 0.0822. The molecule has 1 nitrogen and oxygen atoms in total. The molecule has 0 saturated heterocycles. The first-order valence-electron chi connectivity index (χ1n) is 2.15. The third-order valence-electron chi connectivity index (χ3n) is 1.18. The molecule has 42 valence electrons. The lowest BCUT2D eigenvalue weighted by Gasteiger charge is -1.86. The quantitative estimate of drug-likeness (QED) is 0.522. The molecular weight excluding hydrogens is 102 g/mol. The second-order valence-electron chi connectivity index (χ2n) is 1.84. The SMILES string of the molecule is OC[C@H]1CC1(F)F. The second kappa shape index (κ2) is 1.15. The van der Waals surface area contributed by atoms with Crippen LogP contribution in [0.15, 0.2) is 0 Å². The van der Waals surface area contributed by atoms with Gasteiger partial charge in [-0.05, 0) is 0 Å². The molecule has 0 radical (unpaired) electrons. The molecule has 0 spiro atoms. The fourth-order valence-corrected chi connectivity index (χ4v) is 0.468. The number of aliphatic hydroxyl groups excluding tert-OH is 1. The van der Waals surface area contributed by atoms with Gasteiger partial charge in [0, 0.05) is 6.42 Å². The maximum Gasteiger partial charge on any atom is 0.253 e. The van der Waals surface area contributed by atoms with E-state index in [2.05, 4.69) is 0 Å². The first kappa shape index (κ1) is 4.97. The minimum atomic E-state index is -2.53. The smallest absolute Gasteiger partial charge is 0.253 e. The van der Waals surface area contributed by atoms with E-state index in [4.69, 9.17) is 5.11 Å². The minimum Gasteiger partial charge on any atom is -0.396 e. The molecule has 0 heterocycles. The van der Waals surface area contributed by atoms with Crippen molar-refractivity contribution in [1.82, 2.24) is 0 Å². The van der Waals surface area contributed by atoms with Gasteiger partial charge in [-0.25, -0.2) is 8.78 Å². The number of halogens is 2. The molecule has 0 amide bonds. The first-order valence-corrected chi connectivity index (χ1v) is 2.15. The highest BCUT2D eigenvalue weighted by molar-refractivity contribution is 4.93. The van der Waals surface area contributed by atoms with Gasteiger partial charge in [0.2, 0.25) is 0 Å². The molecule has 0 aromatic carbocycles. The van der Waals surface area contributed by atoms with Crippen molar-refractivity contribution in [3.63, 3.8) is 0 Å². The Morgan fingerprint density at radius 2 is 2.14 bits per heavy atom. The van der Waals surface area contributed by atoms with E-state index in [9.17, 15) is 8.78 Å². The van der Waals surface area contributed by atoms with Crippen LogP contribution in [0.2, 0.25) is 0 Å². The van der Waals surface area contributed by atoms with Crippen LogP contribution in [0, 0.1) is 5.92 Å². The summed E-state index contributed by atoms with van der Waals surface area (Å²) in [5, 5.41) is 8.06. The van der Waals surface area contributed by atoms with Gasteiger partial charge in [0.15, 0.2) is 0 Å². The maximum absolute atomic E-state index is 11.6. The van der Waals surface area contributed by atoms with Gasteiger partial charge in [0.25, 0.3) is 5.92 Å². The lowest BCUT2D eigenvalue weighted by Crippen LogP contribution is -1.96. The summed E-state index contributed by atoms with van der Waals surface area (Å²) in [6.45, 7) is -0.368. The Labute approximate surface area is 40.0 Å². The summed E-state index contributed by atoms with van der Waals surface area (Å²) in [5.74, 6) is -3.26. The van der Waals surface area contributed by atoms with Gasteiger partial charge in [0.05, 0.1) is 12.5 Å². The second-order valence-corrected chi connectivity index (χ2v) is 1.84. The standard InChI is InChI=1S/C4H6F2O/c5-4(6)1-3(4)2-7/h3,7H,1-2H2/t3-/m1/s1. The Balaban J connectivity index is 2.30. The predicted octanol–water partition coefficient (Wildman–Crippen LogP) is 0.634. The molecule has 0 bridgehead atoms. The van der Waals surface area contributed by atoms with Crippen LogP contribution in [-0.4, -0.2) is 17.6 Å². The average Bonchev–Trinajstić information content (AvgIpc) is 2.13. The summed E-state index contributed by atoms with van der Waals surface area (Å²) in [5.41, 5.74) is 0. The maximum atomic E-state index is 11.6. The minimum absolute atomic E-state index is 0.122. The van der Waals surface area contributed by atoms with Gasteiger partial charge < -0.3 is 5.11 Å². The van der Waals surface area contributed by atoms with E-state index in [0.717, 1.165) is 0 Å². The first-order chi connectivity index (χ1) is 3.17. The van der Waals surface area contributed by atoms with Crippen LogP contribution in [0.4, 0.5) is 8.78 Å². The highest BCUT2D eigenvalue weighted by Gasteiger charge is 2.56. The van der Waals surface area contributed by atoms with Gasteiger partial charge >= 0.3 is 0 Å². The zero-order valence-electron chi connectivity index (χ0n) is 3.69. The van der Waals surface area contributed by atoms with Gasteiger partial charge in [-0.3, -0.25) is 0 Å². The molecule has 3 heteroatoms. The molecule has 1 atom stereocenters. The van der Waals surface area contributed by atoms with Gasteiger partial charge in [-0.1, -0.05) is 0 Å². The Bertz CT molecular complexity index is 81.8. The van der Waals surface area contributed by atoms with Crippen LogP contribution in [0.1, 0.15) is 6.42 Å². The molecule has 0 unspecified atom stereocenters. The molecular formula is C4H6F2O. The normalized spacial score (nSPS) is 35.6. The van der Waals surface area contributed by atoms with Crippen LogP contribution in [0.3, 0.4) is 0 Å². The highest BCUT2D eigenvalue weighted by Crippen LogP contribution is 2.47. The number of hydrogen-bond acceptors (Lipinski definition) is 1. The van der Waals surface area contributed by atoms with Crippen molar-refractivity contribution in [3.8, 4) is 0 Å². The van der Waals surface area contributed by atoms with E-state index in [1.165, 1.54) is 0 Å². The van der Waals surface area contributed by atoms with Crippen molar-refractivity contribution < 1.29 is 13.9 Å². The summed E-state index contributed by atoms with van der Waals surface area (Å²) >= 11 is 0. The number of aliphatic hydroxyl groups is 1. The van der Waals surface area contributed by atoms with E-state index >= 15 is 0 Å². The van der Waals surface area contributed by atoms with Crippen molar-refractivity contribution in [1.29, 1.82) is 0 Å². The van der Waals surface area contributed by atoms with E-state index in [-0.39, 0.29) is 13.0 Å². The molecule has 0 aromatic rings. The largest absolute Gasteiger partial charge is 0.396 e. The third kappa shape index (κ3) is 0.725. The van der Waals surface area contributed by atoms with Crippen LogP contribution in [0.25, 0.3) is 0 Å². The van der Waals surface area contributed by atoms with Crippen molar-refractivity contribution >= 4 is 0 Å². The molecule has 1 N–H and O–H groups in total. The Hall–Kier alpha value is -0.180. The summed E-state index contributed by atoms with van der Waals surface area (Å²) in [7, 11) is 0. The molecule has 1 rings (SSSR count). The van der Waals surface area contributed by atoms with Crippen molar-refractivity contribution in [2.45, 2.75) is 12.3 Å². The highest BCUT2D eigenvalue weighted by atomic mass is 19.3. The van der Waals surface area contributed by atoms with Crippen LogP contribution >= 0.6 is 0 Å².